The highest BCUT2D eigenvalue weighted by Crippen LogP contribution is 2.14. The van der Waals surface area contributed by atoms with Crippen LogP contribution in [0, 0.1) is 0 Å². The van der Waals surface area contributed by atoms with E-state index < -0.39 is 0 Å². The third-order valence-corrected chi connectivity index (χ3v) is 4.22. The second kappa shape index (κ2) is 8.28. The van der Waals surface area contributed by atoms with Crippen LogP contribution >= 0.6 is 0 Å². The number of nitrogens with zero attached hydrogens (tertiary/aromatic N) is 2. The van der Waals surface area contributed by atoms with Crippen molar-refractivity contribution in [1.29, 1.82) is 0 Å². The Morgan fingerprint density at radius 3 is 2.48 bits per heavy atom. The number of amides is 3. The average Bonchev–Trinajstić information content (AvgIpc) is 2.68. The average molecular weight is 338 g/mol. The summed E-state index contributed by atoms with van der Waals surface area (Å²) in [5, 5.41) is 5.50. The molecule has 25 heavy (non-hydrogen) atoms. The Kier molecular flexibility index (Phi) is 5.61. The third kappa shape index (κ3) is 4.79. The minimum absolute atomic E-state index is 0.0912. The largest absolute Gasteiger partial charge is 0.339 e. The van der Waals surface area contributed by atoms with E-state index in [-0.39, 0.29) is 11.9 Å². The van der Waals surface area contributed by atoms with Crippen LogP contribution in [0.2, 0.25) is 0 Å². The maximum Gasteiger partial charge on any atom is 0.319 e. The third-order valence-electron chi connectivity index (χ3n) is 4.22. The molecular formula is C19H22N4O2. The van der Waals surface area contributed by atoms with Crippen LogP contribution < -0.4 is 10.6 Å². The van der Waals surface area contributed by atoms with Gasteiger partial charge in [0.1, 0.15) is 0 Å². The molecule has 1 fully saturated rings. The van der Waals surface area contributed by atoms with E-state index in [0.29, 0.717) is 17.8 Å². The number of rotatable bonds is 4. The molecule has 1 aromatic heterocycles. The van der Waals surface area contributed by atoms with Crippen molar-refractivity contribution in [2.45, 2.75) is 25.8 Å². The zero-order valence-electron chi connectivity index (χ0n) is 14.1. The molecule has 1 aromatic carbocycles. The molecule has 130 valence electrons. The van der Waals surface area contributed by atoms with E-state index in [2.05, 4.69) is 15.6 Å². The lowest BCUT2D eigenvalue weighted by Crippen LogP contribution is -2.35. The summed E-state index contributed by atoms with van der Waals surface area (Å²) in [6.45, 7) is 2.08. The lowest BCUT2D eigenvalue weighted by molar-refractivity contribution is 0.0724. The first-order valence-electron chi connectivity index (χ1n) is 8.55. The number of carbonyl (C=O) groups excluding carboxylic acids is 2. The van der Waals surface area contributed by atoms with Gasteiger partial charge in [-0.2, -0.15) is 0 Å². The van der Waals surface area contributed by atoms with Crippen LogP contribution in [-0.2, 0) is 6.54 Å². The first-order chi connectivity index (χ1) is 12.2. The normalized spacial score (nSPS) is 14.0. The highest BCUT2D eigenvalue weighted by molar-refractivity contribution is 5.94. The van der Waals surface area contributed by atoms with Gasteiger partial charge in [0.25, 0.3) is 5.91 Å². The molecule has 2 aromatic rings. The molecule has 1 saturated heterocycles. The fraction of sp³-hybridized carbons (Fsp3) is 0.316. The zero-order chi connectivity index (χ0) is 17.5. The molecule has 0 spiro atoms. The Bertz CT molecular complexity index is 710. The van der Waals surface area contributed by atoms with Crippen molar-refractivity contribution in [3.63, 3.8) is 0 Å². The Hall–Kier alpha value is -2.89. The van der Waals surface area contributed by atoms with Gasteiger partial charge in [-0.3, -0.25) is 9.78 Å². The molecule has 0 atom stereocenters. The molecule has 3 rings (SSSR count). The number of nitrogens with one attached hydrogen (secondary N) is 2. The smallest absolute Gasteiger partial charge is 0.319 e. The van der Waals surface area contributed by atoms with Crippen LogP contribution in [0.3, 0.4) is 0 Å². The number of carbonyl (C=O) groups is 2. The van der Waals surface area contributed by atoms with Crippen molar-refractivity contribution >= 4 is 17.6 Å². The van der Waals surface area contributed by atoms with Gasteiger partial charge in [0.15, 0.2) is 0 Å². The van der Waals surface area contributed by atoms with Crippen molar-refractivity contribution in [2.24, 2.45) is 0 Å². The van der Waals surface area contributed by atoms with Gasteiger partial charge in [0.2, 0.25) is 0 Å². The number of anilines is 1. The van der Waals surface area contributed by atoms with E-state index in [1.807, 2.05) is 29.2 Å². The van der Waals surface area contributed by atoms with E-state index in [9.17, 15) is 9.59 Å². The second-order valence-corrected chi connectivity index (χ2v) is 6.10. The predicted molar refractivity (Wildman–Crippen MR) is 96.3 cm³/mol. The van der Waals surface area contributed by atoms with Crippen LogP contribution in [0.25, 0.3) is 0 Å². The lowest BCUT2D eigenvalue weighted by Gasteiger charge is -2.26. The number of piperidine rings is 1. The molecular weight excluding hydrogens is 316 g/mol. The number of benzene rings is 1. The summed E-state index contributed by atoms with van der Waals surface area (Å²) >= 11 is 0. The van der Waals surface area contributed by atoms with Crippen molar-refractivity contribution in [1.82, 2.24) is 15.2 Å². The number of likely N-dealkylation sites (tertiary alicyclic amines) is 1. The molecule has 0 radical (unpaired) electrons. The maximum atomic E-state index is 12.4. The van der Waals surface area contributed by atoms with Crippen LogP contribution in [-0.4, -0.2) is 34.9 Å². The van der Waals surface area contributed by atoms with Crippen molar-refractivity contribution in [3.05, 3.63) is 59.9 Å². The van der Waals surface area contributed by atoms with Crippen molar-refractivity contribution in [3.8, 4) is 0 Å². The van der Waals surface area contributed by atoms with E-state index in [0.717, 1.165) is 31.5 Å². The number of hydrogen-bond acceptors (Lipinski definition) is 3. The summed E-state index contributed by atoms with van der Waals surface area (Å²) in [4.78, 5) is 30.1. The fourth-order valence-corrected chi connectivity index (χ4v) is 2.84. The summed E-state index contributed by atoms with van der Waals surface area (Å²) in [7, 11) is 0. The minimum atomic E-state index is -0.290. The fourth-order valence-electron chi connectivity index (χ4n) is 2.84. The Balaban J connectivity index is 1.50. The summed E-state index contributed by atoms with van der Waals surface area (Å²) < 4.78 is 0. The Labute approximate surface area is 147 Å². The van der Waals surface area contributed by atoms with Crippen molar-refractivity contribution in [2.75, 3.05) is 18.4 Å². The summed E-state index contributed by atoms with van der Waals surface area (Å²) in [5.74, 6) is 0.0912. The molecule has 3 amide bonds. The van der Waals surface area contributed by atoms with E-state index >= 15 is 0 Å². The quantitative estimate of drug-likeness (QED) is 0.900. The van der Waals surface area contributed by atoms with E-state index in [1.165, 1.54) is 6.42 Å². The highest BCUT2D eigenvalue weighted by Gasteiger charge is 2.17. The highest BCUT2D eigenvalue weighted by atomic mass is 16.2. The van der Waals surface area contributed by atoms with Crippen LogP contribution in [0.4, 0.5) is 10.5 Å². The molecule has 0 unspecified atom stereocenters. The van der Waals surface area contributed by atoms with Gasteiger partial charge in [-0.15, -0.1) is 0 Å². The number of pyridine rings is 1. The van der Waals surface area contributed by atoms with Crippen molar-refractivity contribution < 1.29 is 9.59 Å². The van der Waals surface area contributed by atoms with Crippen LogP contribution in [0.1, 0.15) is 35.2 Å². The molecule has 2 N–H and O–H groups in total. The van der Waals surface area contributed by atoms with Gasteiger partial charge in [0.05, 0.1) is 11.9 Å². The van der Waals surface area contributed by atoms with Gasteiger partial charge in [0, 0.05) is 31.4 Å². The molecule has 0 bridgehead atoms. The van der Waals surface area contributed by atoms with Crippen LogP contribution in [0.15, 0.2) is 48.8 Å². The minimum Gasteiger partial charge on any atom is -0.339 e. The van der Waals surface area contributed by atoms with Crippen LogP contribution in [0.5, 0.6) is 0 Å². The SMILES string of the molecule is O=C(NCc1ccc(C(=O)N2CCCCC2)cc1)Nc1cccnc1. The molecule has 2 heterocycles. The molecule has 1 aliphatic rings. The second-order valence-electron chi connectivity index (χ2n) is 6.10. The van der Waals surface area contributed by atoms with Gasteiger partial charge >= 0.3 is 6.03 Å². The zero-order valence-corrected chi connectivity index (χ0v) is 14.1. The molecule has 1 aliphatic heterocycles. The van der Waals surface area contributed by atoms with E-state index in [4.69, 9.17) is 0 Å². The molecule has 0 aliphatic carbocycles. The summed E-state index contributed by atoms with van der Waals surface area (Å²) in [6.07, 6.45) is 6.60. The topological polar surface area (TPSA) is 74.3 Å². The predicted octanol–water partition coefficient (Wildman–Crippen LogP) is 3.03. The lowest BCUT2D eigenvalue weighted by atomic mass is 10.1. The first-order valence-corrected chi connectivity index (χ1v) is 8.55. The first kappa shape index (κ1) is 17.0. The molecule has 6 heteroatoms. The molecule has 6 nitrogen and oxygen atoms in total. The van der Waals surface area contributed by atoms with Gasteiger partial charge in [-0.05, 0) is 49.1 Å². The maximum absolute atomic E-state index is 12.4. The monoisotopic (exact) mass is 338 g/mol. The Morgan fingerprint density at radius 1 is 1.04 bits per heavy atom. The van der Waals surface area contributed by atoms with Gasteiger partial charge in [-0.25, -0.2) is 4.79 Å². The van der Waals surface area contributed by atoms with Gasteiger partial charge < -0.3 is 15.5 Å². The summed E-state index contributed by atoms with van der Waals surface area (Å²) in [6, 6.07) is 10.6. The number of aromatic nitrogens is 1. The van der Waals surface area contributed by atoms with E-state index in [1.54, 1.807) is 24.5 Å². The standard InChI is InChI=1S/C19H22N4O2/c24-18(23-11-2-1-3-12-23)16-8-6-15(7-9-16)13-21-19(25)22-17-5-4-10-20-14-17/h4-10,14H,1-3,11-13H2,(H2,21,22,25). The number of hydrogen-bond donors (Lipinski definition) is 2. The molecule has 0 saturated carbocycles. The number of urea groups is 1. The van der Waals surface area contributed by atoms with Gasteiger partial charge in [-0.1, -0.05) is 12.1 Å². The summed E-state index contributed by atoms with van der Waals surface area (Å²) in [5.41, 5.74) is 2.28. The Morgan fingerprint density at radius 2 is 1.80 bits per heavy atom.